The van der Waals surface area contributed by atoms with Crippen molar-refractivity contribution in [3.05, 3.63) is 22.2 Å². The van der Waals surface area contributed by atoms with Gasteiger partial charge in [-0.3, -0.25) is 10.1 Å². The van der Waals surface area contributed by atoms with E-state index in [4.69, 9.17) is 5.84 Å². The van der Waals surface area contributed by atoms with Crippen molar-refractivity contribution in [1.82, 2.24) is 4.98 Å². The number of nitrogens with zero attached hydrogens (tertiary/aromatic N) is 2. The summed E-state index contributed by atoms with van der Waals surface area (Å²) in [5, 5.41) is 23.8. The average Bonchev–Trinajstić information content (AvgIpc) is 2.44. The Morgan fingerprint density at radius 3 is 2.47 bits per heavy atom. The zero-order valence-electron chi connectivity index (χ0n) is 11.0. The molecule has 1 rings (SSSR count). The number of nitrogens with one attached hydrogen (secondary N) is 2. The first kappa shape index (κ1) is 15.1. The van der Waals surface area contributed by atoms with E-state index in [-0.39, 0.29) is 18.1 Å². The normalized spacial score (nSPS) is 11.2. The fourth-order valence-corrected chi connectivity index (χ4v) is 1.54. The number of hydrazine groups is 1. The molecule has 8 heteroatoms. The lowest BCUT2D eigenvalue weighted by Gasteiger charge is -2.25. The van der Waals surface area contributed by atoms with E-state index in [1.807, 2.05) is 13.8 Å². The highest BCUT2D eigenvalue weighted by Crippen LogP contribution is 2.21. The quantitative estimate of drug-likeness (QED) is 0.333. The van der Waals surface area contributed by atoms with Gasteiger partial charge in [-0.25, -0.2) is 10.8 Å². The smallest absolute Gasteiger partial charge is 0.276 e. The first-order chi connectivity index (χ1) is 8.94. The molecular weight excluding hydrogens is 250 g/mol. The number of rotatable bonds is 7. The molecule has 106 valence electrons. The molecule has 1 aromatic rings. The highest BCUT2D eigenvalue weighted by atomic mass is 16.6. The molecule has 0 aliphatic heterocycles. The Balaban J connectivity index is 2.89. The SMILES string of the molecule is CCC(O)(CC)CNc1cc([N+](=O)[O-])cc(NN)n1. The van der Waals surface area contributed by atoms with Gasteiger partial charge in [0.2, 0.25) is 0 Å². The first-order valence-corrected chi connectivity index (χ1v) is 6.03. The fraction of sp³-hybridized carbons (Fsp3) is 0.545. The molecule has 5 N–H and O–H groups in total. The predicted octanol–water partition coefficient (Wildman–Crippen LogP) is 1.24. The third-order valence-corrected chi connectivity index (χ3v) is 3.08. The van der Waals surface area contributed by atoms with Crippen molar-refractivity contribution in [3.63, 3.8) is 0 Å². The standard InChI is InChI=1S/C11H19N5O3/c1-3-11(17,4-2)7-13-9-5-8(16(18)19)6-10(14-9)15-12/h5-6,17H,3-4,7,12H2,1-2H3,(H2,13,14,15). The molecule has 0 bridgehead atoms. The Morgan fingerprint density at radius 1 is 1.42 bits per heavy atom. The second kappa shape index (κ2) is 6.30. The van der Waals surface area contributed by atoms with Crippen LogP contribution in [0.3, 0.4) is 0 Å². The predicted molar refractivity (Wildman–Crippen MR) is 72.7 cm³/mol. The summed E-state index contributed by atoms with van der Waals surface area (Å²) in [5.41, 5.74) is 1.29. The van der Waals surface area contributed by atoms with Crippen LogP contribution in [0.25, 0.3) is 0 Å². The molecule has 0 unspecified atom stereocenters. The summed E-state index contributed by atoms with van der Waals surface area (Å²) in [4.78, 5) is 14.3. The molecular formula is C11H19N5O3. The van der Waals surface area contributed by atoms with E-state index in [9.17, 15) is 15.2 Å². The van der Waals surface area contributed by atoms with Crippen LogP contribution in [0.4, 0.5) is 17.3 Å². The van der Waals surface area contributed by atoms with Gasteiger partial charge in [0.05, 0.1) is 22.7 Å². The van der Waals surface area contributed by atoms with Crippen LogP contribution in [0.15, 0.2) is 12.1 Å². The number of pyridine rings is 1. The Hall–Kier alpha value is -1.93. The molecule has 0 aromatic carbocycles. The Labute approximate surface area is 111 Å². The van der Waals surface area contributed by atoms with Crippen LogP contribution in [0, 0.1) is 10.1 Å². The molecule has 0 aliphatic rings. The number of nitrogen functional groups attached to an aromatic ring is 1. The van der Waals surface area contributed by atoms with Crippen LogP contribution >= 0.6 is 0 Å². The number of nitrogens with two attached hydrogens (primary N) is 1. The Bertz CT molecular complexity index is 448. The Kier molecular flexibility index (Phi) is 5.02. The summed E-state index contributed by atoms with van der Waals surface area (Å²) in [6.07, 6.45) is 1.15. The number of anilines is 2. The lowest BCUT2D eigenvalue weighted by atomic mass is 9.98. The van der Waals surface area contributed by atoms with E-state index in [1.54, 1.807) is 0 Å². The van der Waals surface area contributed by atoms with E-state index in [0.717, 1.165) is 0 Å². The second-order valence-electron chi connectivity index (χ2n) is 4.28. The molecule has 0 aliphatic carbocycles. The van der Waals surface area contributed by atoms with Crippen molar-refractivity contribution in [2.75, 3.05) is 17.3 Å². The third-order valence-electron chi connectivity index (χ3n) is 3.08. The minimum absolute atomic E-state index is 0.123. The van der Waals surface area contributed by atoms with Gasteiger partial charge in [-0.15, -0.1) is 0 Å². The van der Waals surface area contributed by atoms with Gasteiger partial charge >= 0.3 is 0 Å². The number of hydrogen-bond acceptors (Lipinski definition) is 7. The largest absolute Gasteiger partial charge is 0.388 e. The topological polar surface area (TPSA) is 126 Å². The molecule has 8 nitrogen and oxygen atoms in total. The maximum atomic E-state index is 10.8. The molecule has 0 saturated carbocycles. The molecule has 1 aromatic heterocycles. The van der Waals surface area contributed by atoms with Gasteiger partial charge in [0.15, 0.2) is 0 Å². The zero-order chi connectivity index (χ0) is 14.5. The van der Waals surface area contributed by atoms with Gasteiger partial charge in [0, 0.05) is 6.54 Å². The number of aliphatic hydroxyl groups is 1. The van der Waals surface area contributed by atoms with Crippen LogP contribution in [-0.4, -0.2) is 27.2 Å². The summed E-state index contributed by atoms with van der Waals surface area (Å²) in [7, 11) is 0. The van der Waals surface area contributed by atoms with E-state index in [0.29, 0.717) is 18.7 Å². The van der Waals surface area contributed by atoms with Crippen LogP contribution in [0.2, 0.25) is 0 Å². The number of nitro groups is 1. The van der Waals surface area contributed by atoms with Crippen molar-refractivity contribution < 1.29 is 10.0 Å². The fourth-order valence-electron chi connectivity index (χ4n) is 1.54. The highest BCUT2D eigenvalue weighted by Gasteiger charge is 2.22. The minimum atomic E-state index is -0.859. The van der Waals surface area contributed by atoms with E-state index in [2.05, 4.69) is 15.7 Å². The molecule has 0 amide bonds. The number of hydrogen-bond donors (Lipinski definition) is 4. The Morgan fingerprint density at radius 2 is 2.00 bits per heavy atom. The first-order valence-electron chi connectivity index (χ1n) is 6.03. The maximum Gasteiger partial charge on any atom is 0.276 e. The van der Waals surface area contributed by atoms with E-state index >= 15 is 0 Å². The molecule has 1 heterocycles. The molecule has 0 saturated heterocycles. The monoisotopic (exact) mass is 269 g/mol. The molecule has 0 fully saturated rings. The zero-order valence-corrected chi connectivity index (χ0v) is 11.0. The highest BCUT2D eigenvalue weighted by molar-refractivity contribution is 5.54. The summed E-state index contributed by atoms with van der Waals surface area (Å²) < 4.78 is 0. The number of aromatic nitrogens is 1. The molecule has 0 spiro atoms. The minimum Gasteiger partial charge on any atom is -0.388 e. The van der Waals surface area contributed by atoms with Crippen molar-refractivity contribution in [2.45, 2.75) is 32.3 Å². The van der Waals surface area contributed by atoms with Crippen molar-refractivity contribution in [3.8, 4) is 0 Å². The second-order valence-corrected chi connectivity index (χ2v) is 4.28. The van der Waals surface area contributed by atoms with Crippen molar-refractivity contribution >= 4 is 17.3 Å². The van der Waals surface area contributed by atoms with E-state index in [1.165, 1.54) is 12.1 Å². The molecule has 0 radical (unpaired) electrons. The lowest BCUT2D eigenvalue weighted by Crippen LogP contribution is -2.35. The van der Waals surface area contributed by atoms with Gasteiger partial charge in [0.1, 0.15) is 11.6 Å². The average molecular weight is 269 g/mol. The summed E-state index contributed by atoms with van der Waals surface area (Å²) >= 11 is 0. The summed E-state index contributed by atoms with van der Waals surface area (Å²) in [6.45, 7) is 4.01. The van der Waals surface area contributed by atoms with Crippen molar-refractivity contribution in [1.29, 1.82) is 0 Å². The molecule has 0 atom stereocenters. The summed E-state index contributed by atoms with van der Waals surface area (Å²) in [6, 6.07) is 2.53. The van der Waals surface area contributed by atoms with Crippen LogP contribution in [0.5, 0.6) is 0 Å². The van der Waals surface area contributed by atoms with Gasteiger partial charge in [-0.1, -0.05) is 13.8 Å². The van der Waals surface area contributed by atoms with E-state index < -0.39 is 10.5 Å². The van der Waals surface area contributed by atoms with Crippen LogP contribution in [0.1, 0.15) is 26.7 Å². The van der Waals surface area contributed by atoms with Gasteiger partial charge in [-0.2, -0.15) is 0 Å². The van der Waals surface area contributed by atoms with Gasteiger partial charge in [-0.05, 0) is 12.8 Å². The van der Waals surface area contributed by atoms with Crippen LogP contribution in [-0.2, 0) is 0 Å². The third kappa shape index (κ3) is 4.04. The lowest BCUT2D eigenvalue weighted by molar-refractivity contribution is -0.384. The van der Waals surface area contributed by atoms with Gasteiger partial charge < -0.3 is 15.8 Å². The summed E-state index contributed by atoms with van der Waals surface area (Å²) in [5.74, 6) is 5.69. The van der Waals surface area contributed by atoms with Crippen LogP contribution < -0.4 is 16.6 Å². The maximum absolute atomic E-state index is 10.8. The van der Waals surface area contributed by atoms with Crippen molar-refractivity contribution in [2.24, 2.45) is 5.84 Å². The van der Waals surface area contributed by atoms with Gasteiger partial charge in [0.25, 0.3) is 5.69 Å². The molecule has 19 heavy (non-hydrogen) atoms.